The molecular formula is C38H46O8. The summed E-state index contributed by atoms with van der Waals surface area (Å²) in [6.45, 7) is 15.2. The van der Waals surface area contributed by atoms with E-state index in [1.807, 2.05) is 46.8 Å². The van der Waals surface area contributed by atoms with E-state index in [0.29, 0.717) is 12.0 Å². The molecule has 4 atom stereocenters. The molecule has 3 aliphatic carbocycles. The van der Waals surface area contributed by atoms with Crippen LogP contribution in [0.5, 0.6) is 17.2 Å². The molecule has 5 aliphatic rings. The van der Waals surface area contributed by atoms with Gasteiger partial charge < -0.3 is 24.8 Å². The van der Waals surface area contributed by atoms with Crippen LogP contribution in [0.25, 0.3) is 0 Å². The lowest BCUT2D eigenvalue weighted by atomic mass is 9.51. The van der Waals surface area contributed by atoms with Crippen molar-refractivity contribution in [2.45, 2.75) is 111 Å². The SMILES string of the molecule is CC(C)=CCC/C(C)=C/Cc1c(O)c(CC=C(C)C)c2c(c1O)C(=O)C1=CC3CC4C(C)(C)OC(C/C=C(/C)C(=O)O)(C3=O)C14O2. The number of hydrogen-bond donors (Lipinski definition) is 3. The summed E-state index contributed by atoms with van der Waals surface area (Å²) in [5, 5.41) is 33.0. The van der Waals surface area contributed by atoms with Gasteiger partial charge in [-0.15, -0.1) is 0 Å². The van der Waals surface area contributed by atoms with Crippen LogP contribution in [0.2, 0.25) is 0 Å². The van der Waals surface area contributed by atoms with Gasteiger partial charge in [0, 0.05) is 40.5 Å². The number of allylic oxidation sites excluding steroid dienone is 7. The Balaban J connectivity index is 1.71. The standard InChI is InChI=1S/C38H46O8/c1-20(2)10-9-11-22(5)13-15-25-30(39)26(14-12-21(3)4)33-29(31(25)40)32(41)27-18-24-19-28-36(7,8)46-37(34(24)42,38(27,28)45-33)17-16-23(6)35(43)44/h10,12-13,16,18,24,28,39-40H,9,11,14-15,17,19H2,1-8H3,(H,43,44)/b22-13+,23-16-. The molecular weight excluding hydrogens is 584 g/mol. The lowest BCUT2D eigenvalue weighted by molar-refractivity contribution is -0.171. The first-order valence-corrected chi connectivity index (χ1v) is 16.1. The molecule has 2 fully saturated rings. The second kappa shape index (κ2) is 11.7. The highest BCUT2D eigenvalue weighted by Crippen LogP contribution is 2.68. The number of Topliss-reactive ketones (excluding diaryl/α,β-unsaturated/α-hetero) is 2. The Kier molecular flexibility index (Phi) is 8.52. The minimum atomic E-state index is -1.67. The van der Waals surface area contributed by atoms with Crippen molar-refractivity contribution in [2.75, 3.05) is 0 Å². The van der Waals surface area contributed by atoms with Gasteiger partial charge in [-0.25, -0.2) is 4.79 Å². The van der Waals surface area contributed by atoms with E-state index in [-0.39, 0.29) is 64.6 Å². The van der Waals surface area contributed by atoms with Crippen LogP contribution < -0.4 is 4.74 Å². The molecule has 0 amide bonds. The Labute approximate surface area is 271 Å². The van der Waals surface area contributed by atoms with Gasteiger partial charge in [0.1, 0.15) is 22.8 Å². The van der Waals surface area contributed by atoms with Crippen molar-refractivity contribution in [2.24, 2.45) is 11.8 Å². The average molecular weight is 631 g/mol. The van der Waals surface area contributed by atoms with Gasteiger partial charge in [-0.2, -0.15) is 0 Å². The first-order valence-electron chi connectivity index (χ1n) is 16.1. The maximum atomic E-state index is 14.7. The number of carboxylic acids is 1. The quantitative estimate of drug-likeness (QED) is 0.182. The van der Waals surface area contributed by atoms with Crippen molar-refractivity contribution < 1.29 is 39.2 Å². The number of benzene rings is 1. The molecule has 3 N–H and O–H groups in total. The van der Waals surface area contributed by atoms with Crippen LogP contribution in [0.15, 0.2) is 58.2 Å². The molecule has 4 unspecified atom stereocenters. The van der Waals surface area contributed by atoms with Crippen LogP contribution in [0.1, 0.15) is 103 Å². The normalized spacial score (nSPS) is 27.4. The van der Waals surface area contributed by atoms with Gasteiger partial charge in [-0.05, 0) is 87.5 Å². The van der Waals surface area contributed by atoms with Crippen LogP contribution in [0.3, 0.4) is 0 Å². The van der Waals surface area contributed by atoms with E-state index in [4.69, 9.17) is 9.47 Å². The molecule has 246 valence electrons. The number of ketones is 2. The third kappa shape index (κ3) is 5.05. The summed E-state index contributed by atoms with van der Waals surface area (Å²) in [5.41, 5.74) is 0.0623. The molecule has 1 spiro atoms. The average Bonchev–Trinajstić information content (AvgIpc) is 3.12. The Morgan fingerprint density at radius 2 is 1.59 bits per heavy atom. The zero-order chi connectivity index (χ0) is 33.9. The molecule has 46 heavy (non-hydrogen) atoms. The van der Waals surface area contributed by atoms with E-state index in [1.54, 1.807) is 6.08 Å². The van der Waals surface area contributed by atoms with Crippen LogP contribution in [0, 0.1) is 11.8 Å². The number of fused-ring (bicyclic) bond motifs is 1. The number of hydrogen-bond acceptors (Lipinski definition) is 7. The van der Waals surface area contributed by atoms with Crippen molar-refractivity contribution in [3.63, 3.8) is 0 Å². The number of carbonyl (C=O) groups excluding carboxylic acids is 2. The number of ether oxygens (including phenoxy) is 2. The van der Waals surface area contributed by atoms with E-state index in [0.717, 1.165) is 24.0 Å². The number of aliphatic carboxylic acids is 1. The summed E-state index contributed by atoms with van der Waals surface area (Å²) in [6.07, 6.45) is 11.6. The van der Waals surface area contributed by atoms with Crippen molar-refractivity contribution in [1.82, 2.24) is 0 Å². The number of carbonyl (C=O) groups is 3. The van der Waals surface area contributed by atoms with Crippen molar-refractivity contribution in [3.05, 3.63) is 74.9 Å². The maximum absolute atomic E-state index is 14.7. The minimum absolute atomic E-state index is 0.0259. The number of carboxylic acid groups (broad SMARTS) is 1. The predicted molar refractivity (Wildman–Crippen MR) is 175 cm³/mol. The highest BCUT2D eigenvalue weighted by Gasteiger charge is 2.81. The second-order valence-corrected chi connectivity index (χ2v) is 14.4. The van der Waals surface area contributed by atoms with Crippen molar-refractivity contribution in [3.8, 4) is 17.2 Å². The minimum Gasteiger partial charge on any atom is -0.507 e. The van der Waals surface area contributed by atoms with E-state index in [1.165, 1.54) is 18.6 Å². The summed E-state index contributed by atoms with van der Waals surface area (Å²) in [5.74, 6) is -3.33. The first kappa shape index (κ1) is 33.5. The fraction of sp³-hybridized carbons (Fsp3) is 0.500. The molecule has 1 saturated carbocycles. The Morgan fingerprint density at radius 1 is 0.935 bits per heavy atom. The summed E-state index contributed by atoms with van der Waals surface area (Å²) in [4.78, 5) is 40.6. The van der Waals surface area contributed by atoms with Crippen LogP contribution in [-0.4, -0.2) is 49.7 Å². The summed E-state index contributed by atoms with van der Waals surface area (Å²) < 4.78 is 13.6. The van der Waals surface area contributed by atoms with Crippen molar-refractivity contribution >= 4 is 17.5 Å². The Morgan fingerprint density at radius 3 is 2.22 bits per heavy atom. The molecule has 2 aliphatic heterocycles. The van der Waals surface area contributed by atoms with Crippen LogP contribution in [-0.2, 0) is 27.2 Å². The van der Waals surface area contributed by atoms with E-state index < -0.39 is 40.4 Å². The molecule has 8 nitrogen and oxygen atoms in total. The number of aromatic hydroxyl groups is 2. The van der Waals surface area contributed by atoms with Gasteiger partial charge in [0.2, 0.25) is 0 Å². The van der Waals surface area contributed by atoms with Gasteiger partial charge in [0.25, 0.3) is 0 Å². The number of phenols is 2. The molecule has 6 rings (SSSR count). The monoisotopic (exact) mass is 630 g/mol. The third-order valence-corrected chi connectivity index (χ3v) is 10.2. The fourth-order valence-corrected chi connectivity index (χ4v) is 7.80. The zero-order valence-electron chi connectivity index (χ0n) is 28.2. The van der Waals surface area contributed by atoms with Gasteiger partial charge in [0.15, 0.2) is 22.8 Å². The predicted octanol–water partition coefficient (Wildman–Crippen LogP) is 7.27. The highest BCUT2D eigenvalue weighted by molar-refractivity contribution is 6.18. The van der Waals surface area contributed by atoms with Crippen LogP contribution >= 0.6 is 0 Å². The summed E-state index contributed by atoms with van der Waals surface area (Å²) in [6, 6.07) is 0. The summed E-state index contributed by atoms with van der Waals surface area (Å²) >= 11 is 0. The topological polar surface area (TPSA) is 130 Å². The zero-order valence-corrected chi connectivity index (χ0v) is 28.2. The fourth-order valence-electron chi connectivity index (χ4n) is 7.80. The van der Waals surface area contributed by atoms with E-state index >= 15 is 0 Å². The van der Waals surface area contributed by atoms with Crippen molar-refractivity contribution in [1.29, 1.82) is 0 Å². The van der Waals surface area contributed by atoms with Gasteiger partial charge in [-0.1, -0.05) is 47.1 Å². The molecule has 1 aromatic rings. The lowest BCUT2D eigenvalue weighted by Gasteiger charge is -2.56. The molecule has 0 aromatic heterocycles. The molecule has 0 radical (unpaired) electrons. The van der Waals surface area contributed by atoms with Gasteiger partial charge >= 0.3 is 5.97 Å². The third-order valence-electron chi connectivity index (χ3n) is 10.2. The van der Waals surface area contributed by atoms with Gasteiger partial charge in [-0.3, -0.25) is 9.59 Å². The van der Waals surface area contributed by atoms with E-state index in [9.17, 15) is 29.7 Å². The largest absolute Gasteiger partial charge is 0.507 e. The molecule has 8 heteroatoms. The lowest BCUT2D eigenvalue weighted by Crippen LogP contribution is -2.72. The Hall–Kier alpha value is -3.91. The smallest absolute Gasteiger partial charge is 0.330 e. The highest BCUT2D eigenvalue weighted by atomic mass is 16.6. The number of phenolic OH excluding ortho intramolecular Hbond substituents is 2. The summed E-state index contributed by atoms with van der Waals surface area (Å²) in [7, 11) is 0. The molecule has 1 aromatic carbocycles. The molecule has 2 heterocycles. The van der Waals surface area contributed by atoms with Gasteiger partial charge in [0.05, 0.1) is 5.60 Å². The molecule has 4 bridgehead atoms. The first-order chi connectivity index (χ1) is 21.5. The second-order valence-electron chi connectivity index (χ2n) is 14.4. The maximum Gasteiger partial charge on any atom is 0.330 e. The Bertz CT molecular complexity index is 1670. The number of rotatable bonds is 10. The molecule has 1 saturated heterocycles. The van der Waals surface area contributed by atoms with Crippen LogP contribution in [0.4, 0.5) is 0 Å². The van der Waals surface area contributed by atoms with E-state index in [2.05, 4.69) is 19.9 Å².